The highest BCUT2D eigenvalue weighted by molar-refractivity contribution is 7.80. The number of allylic oxidation sites excluding steroid dienone is 4. The summed E-state index contributed by atoms with van der Waals surface area (Å²) in [6, 6.07) is 20.2. The van der Waals surface area contributed by atoms with Crippen molar-refractivity contribution in [2.24, 2.45) is 5.92 Å². The molecule has 1 aliphatic rings. The van der Waals surface area contributed by atoms with Gasteiger partial charge < -0.3 is 4.57 Å². The van der Waals surface area contributed by atoms with Crippen LogP contribution in [-0.4, -0.2) is 13.9 Å². The molecule has 1 atom stereocenters. The zero-order chi connectivity index (χ0) is 19.8. The van der Waals surface area contributed by atoms with E-state index in [0.29, 0.717) is 5.92 Å². The van der Waals surface area contributed by atoms with Crippen molar-refractivity contribution >= 4 is 25.8 Å². The molecule has 0 fully saturated rings. The molecule has 3 heteroatoms. The number of rotatable bonds is 5. The first-order valence-electron chi connectivity index (χ1n) is 9.78. The molecule has 0 heterocycles. The van der Waals surface area contributed by atoms with Gasteiger partial charge in [0.15, 0.2) is 0 Å². The highest BCUT2D eigenvalue weighted by atomic mass is 31.2. The largest absolute Gasteiger partial charge is 0.314 e. The van der Waals surface area contributed by atoms with Crippen molar-refractivity contribution in [1.82, 2.24) is 0 Å². The van der Waals surface area contributed by atoms with Gasteiger partial charge in [0.1, 0.15) is 7.14 Å². The Kier molecular flexibility index (Phi) is 5.52. The molecular formula is C24H31OPSi. The van der Waals surface area contributed by atoms with Crippen molar-refractivity contribution < 1.29 is 4.57 Å². The van der Waals surface area contributed by atoms with E-state index in [9.17, 15) is 4.57 Å². The van der Waals surface area contributed by atoms with Crippen molar-refractivity contribution in [2.75, 3.05) is 5.79 Å². The summed E-state index contributed by atoms with van der Waals surface area (Å²) >= 11 is 0. The first kappa shape index (κ1) is 20.1. The monoisotopic (exact) mass is 394 g/mol. The zero-order valence-electron chi connectivity index (χ0n) is 17.4. The highest BCUT2D eigenvalue weighted by Crippen LogP contribution is 2.50. The quantitative estimate of drug-likeness (QED) is 0.443. The standard InChI is InChI=1S/C24H31OPSi/c1-18-19(2)21(4)24(20(18)3)27(5,6)17-26(25,22-13-9-7-10-14-22)23-15-11-8-12-16-23/h7-16,20H,17H2,1-6H3. The molecule has 0 N–H and O–H groups in total. The van der Waals surface area contributed by atoms with E-state index in [1.807, 2.05) is 60.7 Å². The lowest BCUT2D eigenvalue weighted by atomic mass is 10.1. The van der Waals surface area contributed by atoms with E-state index in [1.54, 1.807) is 5.20 Å². The van der Waals surface area contributed by atoms with E-state index in [4.69, 9.17) is 0 Å². The molecule has 0 bridgehead atoms. The summed E-state index contributed by atoms with van der Waals surface area (Å²) in [7, 11) is -4.59. The lowest BCUT2D eigenvalue weighted by Crippen LogP contribution is -2.40. The molecule has 0 spiro atoms. The van der Waals surface area contributed by atoms with Crippen LogP contribution in [0.1, 0.15) is 27.7 Å². The Bertz CT molecular complexity index is 895. The molecule has 2 aromatic carbocycles. The van der Waals surface area contributed by atoms with E-state index in [2.05, 4.69) is 40.8 Å². The fourth-order valence-corrected chi connectivity index (χ4v) is 15.6. The minimum Gasteiger partial charge on any atom is -0.314 e. The molecule has 27 heavy (non-hydrogen) atoms. The third kappa shape index (κ3) is 3.58. The molecular weight excluding hydrogens is 363 g/mol. The molecule has 0 saturated heterocycles. The Hall–Kier alpha value is -1.63. The van der Waals surface area contributed by atoms with Crippen molar-refractivity contribution in [3.8, 4) is 0 Å². The van der Waals surface area contributed by atoms with Gasteiger partial charge in [-0.1, -0.05) is 97.0 Å². The number of benzene rings is 2. The van der Waals surface area contributed by atoms with E-state index in [0.717, 1.165) is 16.4 Å². The lowest BCUT2D eigenvalue weighted by molar-refractivity contribution is 0.589. The minimum absolute atomic E-state index is 0.478. The zero-order valence-corrected chi connectivity index (χ0v) is 19.3. The number of hydrogen-bond donors (Lipinski definition) is 0. The van der Waals surface area contributed by atoms with E-state index < -0.39 is 15.2 Å². The normalized spacial score (nSPS) is 18.4. The maximum atomic E-state index is 14.6. The van der Waals surface area contributed by atoms with Crippen LogP contribution in [0.5, 0.6) is 0 Å². The minimum atomic E-state index is -2.68. The van der Waals surface area contributed by atoms with E-state index >= 15 is 0 Å². The Morgan fingerprint density at radius 3 is 1.63 bits per heavy atom. The molecule has 3 rings (SSSR count). The maximum absolute atomic E-state index is 14.6. The van der Waals surface area contributed by atoms with Crippen LogP contribution in [0.15, 0.2) is 82.6 Å². The van der Waals surface area contributed by atoms with Gasteiger partial charge in [-0.05, 0) is 32.3 Å². The lowest BCUT2D eigenvalue weighted by Gasteiger charge is -2.33. The summed E-state index contributed by atoms with van der Waals surface area (Å²) in [5.41, 5.74) is 4.37. The van der Waals surface area contributed by atoms with Gasteiger partial charge in [-0.3, -0.25) is 0 Å². The van der Waals surface area contributed by atoms with Crippen molar-refractivity contribution in [2.45, 2.75) is 40.8 Å². The third-order valence-corrected chi connectivity index (χ3v) is 15.8. The van der Waals surface area contributed by atoms with Crippen molar-refractivity contribution in [3.05, 3.63) is 82.6 Å². The number of hydrogen-bond acceptors (Lipinski definition) is 1. The predicted octanol–water partition coefficient (Wildman–Crippen LogP) is 6.09. The summed E-state index contributed by atoms with van der Waals surface area (Å²) in [6.45, 7) is 13.9. The second-order valence-electron chi connectivity index (χ2n) is 8.52. The van der Waals surface area contributed by atoms with E-state index in [-0.39, 0.29) is 0 Å². The first-order chi connectivity index (χ1) is 12.7. The van der Waals surface area contributed by atoms with Gasteiger partial charge in [-0.15, -0.1) is 0 Å². The predicted molar refractivity (Wildman–Crippen MR) is 122 cm³/mol. The molecule has 2 aromatic rings. The fourth-order valence-electron chi connectivity index (χ4n) is 4.77. The van der Waals surface area contributed by atoms with Gasteiger partial charge in [0, 0.05) is 16.4 Å². The Labute approximate surface area is 165 Å². The van der Waals surface area contributed by atoms with Gasteiger partial charge in [-0.25, -0.2) is 0 Å². The van der Waals surface area contributed by atoms with Crippen LogP contribution in [0.25, 0.3) is 0 Å². The summed E-state index contributed by atoms with van der Waals surface area (Å²) < 4.78 is 14.6. The van der Waals surface area contributed by atoms with Crippen molar-refractivity contribution in [3.63, 3.8) is 0 Å². The van der Waals surface area contributed by atoms with Gasteiger partial charge in [-0.2, -0.15) is 0 Å². The Morgan fingerprint density at radius 2 is 1.26 bits per heavy atom. The molecule has 0 radical (unpaired) electrons. The summed E-state index contributed by atoms with van der Waals surface area (Å²) in [5.74, 6) is 1.26. The molecule has 0 aliphatic heterocycles. The Morgan fingerprint density at radius 1 is 0.815 bits per heavy atom. The Balaban J connectivity index is 2.10. The SMILES string of the molecule is CC1=C(C)C(C)C([Si](C)(C)CP(=O)(c2ccccc2)c2ccccc2)=C1C. The van der Waals surface area contributed by atoms with Crippen LogP contribution in [0, 0.1) is 5.92 Å². The van der Waals surface area contributed by atoms with Crippen LogP contribution < -0.4 is 10.6 Å². The molecule has 1 aliphatic carbocycles. The average Bonchev–Trinajstić information content (AvgIpc) is 2.86. The molecule has 142 valence electrons. The van der Waals surface area contributed by atoms with Crippen LogP contribution in [0.4, 0.5) is 0 Å². The summed E-state index contributed by atoms with van der Waals surface area (Å²) in [4.78, 5) is 0. The summed E-state index contributed by atoms with van der Waals surface area (Å²) in [5, 5.41) is 3.56. The fraction of sp³-hybridized carbons (Fsp3) is 0.333. The average molecular weight is 395 g/mol. The second-order valence-corrected chi connectivity index (χ2v) is 16.6. The van der Waals surface area contributed by atoms with Gasteiger partial charge >= 0.3 is 0 Å². The summed E-state index contributed by atoms with van der Waals surface area (Å²) in [6.07, 6.45) is 0. The topological polar surface area (TPSA) is 17.1 Å². The van der Waals surface area contributed by atoms with E-state index in [1.165, 1.54) is 16.7 Å². The first-order valence-corrected chi connectivity index (χ1v) is 14.9. The molecule has 0 amide bonds. The van der Waals surface area contributed by atoms with Crippen LogP contribution in [-0.2, 0) is 4.57 Å². The molecule has 0 saturated carbocycles. The third-order valence-electron chi connectivity index (χ3n) is 6.33. The van der Waals surface area contributed by atoms with Gasteiger partial charge in [0.2, 0.25) is 0 Å². The molecule has 1 nitrogen and oxygen atoms in total. The molecule has 0 aromatic heterocycles. The van der Waals surface area contributed by atoms with Crippen molar-refractivity contribution in [1.29, 1.82) is 0 Å². The second kappa shape index (κ2) is 7.41. The maximum Gasteiger partial charge on any atom is 0.141 e. The van der Waals surface area contributed by atoms with Gasteiger partial charge in [0.05, 0.1) is 8.07 Å². The van der Waals surface area contributed by atoms with Crippen LogP contribution >= 0.6 is 7.14 Å². The highest BCUT2D eigenvalue weighted by Gasteiger charge is 2.42. The van der Waals surface area contributed by atoms with Crippen LogP contribution in [0.2, 0.25) is 13.1 Å². The van der Waals surface area contributed by atoms with Gasteiger partial charge in [0.25, 0.3) is 0 Å². The smallest absolute Gasteiger partial charge is 0.141 e. The van der Waals surface area contributed by atoms with Crippen LogP contribution in [0.3, 0.4) is 0 Å². The molecule has 1 unspecified atom stereocenters.